The zero-order chi connectivity index (χ0) is 20.0. The number of fused-ring (bicyclic) bond motifs is 4. The topological polar surface area (TPSA) is 68.8 Å². The van der Waals surface area contributed by atoms with Crippen molar-refractivity contribution in [1.82, 2.24) is 19.5 Å². The molecule has 1 atom stereocenters. The molecule has 4 fully saturated rings. The third-order valence-electron chi connectivity index (χ3n) is 6.54. The van der Waals surface area contributed by atoms with Crippen molar-refractivity contribution in [1.29, 1.82) is 0 Å². The second kappa shape index (κ2) is 8.69. The lowest BCUT2D eigenvalue weighted by Crippen LogP contribution is -2.57. The molecule has 6 rings (SSSR count). The Bertz CT molecular complexity index is 943. The van der Waals surface area contributed by atoms with Gasteiger partial charge < -0.3 is 15.1 Å². The quantitative estimate of drug-likeness (QED) is 0.761. The van der Waals surface area contributed by atoms with Gasteiger partial charge in [0.05, 0.1) is 4.70 Å². The number of halogens is 1. The van der Waals surface area contributed by atoms with Gasteiger partial charge in [0.2, 0.25) is 0 Å². The van der Waals surface area contributed by atoms with Crippen molar-refractivity contribution in [3.05, 3.63) is 23.9 Å². The van der Waals surface area contributed by atoms with Gasteiger partial charge in [-0.05, 0) is 68.0 Å². The van der Waals surface area contributed by atoms with E-state index in [9.17, 15) is 9.59 Å². The van der Waals surface area contributed by atoms with Crippen molar-refractivity contribution < 1.29 is 9.59 Å². The van der Waals surface area contributed by atoms with Gasteiger partial charge in [-0.2, -0.15) is 4.37 Å². The Balaban J connectivity index is 0.00000218. The number of nitrogens with zero attached hydrogens (tertiary/aromatic N) is 4. The number of carbonyl (C=O) groups excluding carboxylic acids is 2. The molecule has 4 saturated heterocycles. The fourth-order valence-corrected chi connectivity index (χ4v) is 5.73. The van der Waals surface area contributed by atoms with Gasteiger partial charge in [0.15, 0.2) is 0 Å². The number of amides is 3. The van der Waals surface area contributed by atoms with Gasteiger partial charge in [0.25, 0.3) is 5.91 Å². The van der Waals surface area contributed by atoms with Crippen LogP contribution in [0.5, 0.6) is 0 Å². The molecule has 0 radical (unpaired) electrons. The van der Waals surface area contributed by atoms with Crippen LogP contribution in [0.25, 0.3) is 10.1 Å². The van der Waals surface area contributed by atoms with Gasteiger partial charge in [0, 0.05) is 43.3 Å². The van der Waals surface area contributed by atoms with Crippen LogP contribution in [0, 0.1) is 5.92 Å². The summed E-state index contributed by atoms with van der Waals surface area (Å²) in [6, 6.07) is 6.17. The first-order chi connectivity index (χ1) is 14.1. The van der Waals surface area contributed by atoms with E-state index in [1.807, 2.05) is 28.0 Å². The van der Waals surface area contributed by atoms with Crippen molar-refractivity contribution in [2.24, 2.45) is 5.92 Å². The number of hydrogen-bond acceptors (Lipinski definition) is 5. The lowest BCUT2D eigenvalue weighted by Gasteiger charge is -2.44. The Labute approximate surface area is 187 Å². The van der Waals surface area contributed by atoms with Crippen LogP contribution in [-0.2, 0) is 0 Å². The van der Waals surface area contributed by atoms with Gasteiger partial charge in [-0.25, -0.2) is 4.79 Å². The number of hydrogen-bond donors (Lipinski definition) is 1. The molecule has 4 aliphatic rings. The van der Waals surface area contributed by atoms with E-state index in [0.29, 0.717) is 18.2 Å². The summed E-state index contributed by atoms with van der Waals surface area (Å²) in [5.41, 5.74) is 1.39. The highest BCUT2D eigenvalue weighted by Crippen LogP contribution is 2.31. The Morgan fingerprint density at radius 3 is 2.73 bits per heavy atom. The number of nitrogens with one attached hydrogen (secondary N) is 1. The molecule has 3 amide bonds. The average Bonchev–Trinajstić information content (AvgIpc) is 3.32. The molecule has 0 spiro atoms. The summed E-state index contributed by atoms with van der Waals surface area (Å²) in [6.07, 6.45) is 3.31. The third kappa shape index (κ3) is 3.76. The minimum absolute atomic E-state index is 0. The molecule has 7 nitrogen and oxygen atoms in total. The molecule has 1 aromatic heterocycles. The van der Waals surface area contributed by atoms with Gasteiger partial charge in [-0.1, -0.05) is 6.92 Å². The molecule has 0 aliphatic carbocycles. The molecule has 2 aromatic rings. The second-order valence-corrected chi connectivity index (χ2v) is 9.16. The maximum atomic E-state index is 12.9. The van der Waals surface area contributed by atoms with Crippen LogP contribution < -0.4 is 10.2 Å². The number of carbonyl (C=O) groups is 2. The highest BCUT2D eigenvalue weighted by molar-refractivity contribution is 7.13. The van der Waals surface area contributed by atoms with Crippen LogP contribution in [0.1, 0.15) is 36.7 Å². The van der Waals surface area contributed by atoms with Gasteiger partial charge >= 0.3 is 6.03 Å². The number of urea groups is 1. The van der Waals surface area contributed by atoms with E-state index in [0.717, 1.165) is 54.9 Å². The van der Waals surface area contributed by atoms with Crippen LogP contribution in [0.3, 0.4) is 0 Å². The first-order valence-corrected chi connectivity index (χ1v) is 11.4. The number of aromatic nitrogens is 1. The zero-order valence-electron chi connectivity index (χ0n) is 17.2. The fourth-order valence-electron chi connectivity index (χ4n) is 4.92. The molecule has 30 heavy (non-hydrogen) atoms. The smallest absolute Gasteiger partial charge is 0.324 e. The molecule has 1 aromatic carbocycles. The number of piperidine rings is 3. The van der Waals surface area contributed by atoms with Crippen molar-refractivity contribution in [2.45, 2.75) is 32.2 Å². The minimum atomic E-state index is -0.0749. The van der Waals surface area contributed by atoms with Crippen LogP contribution in [-0.4, -0.2) is 71.4 Å². The van der Waals surface area contributed by atoms with Gasteiger partial charge in [0.1, 0.15) is 5.69 Å². The summed E-state index contributed by atoms with van der Waals surface area (Å²) in [5, 5.41) is 4.10. The molecular weight excluding hydrogens is 422 g/mol. The largest absolute Gasteiger partial charge is 0.346 e. The zero-order valence-corrected chi connectivity index (χ0v) is 18.8. The van der Waals surface area contributed by atoms with E-state index < -0.39 is 0 Å². The predicted molar refractivity (Wildman–Crippen MR) is 122 cm³/mol. The summed E-state index contributed by atoms with van der Waals surface area (Å²) in [5.74, 6) is 0.516. The van der Waals surface area contributed by atoms with Gasteiger partial charge in [-0.15, -0.1) is 12.4 Å². The molecule has 162 valence electrons. The fraction of sp³-hybridized carbons (Fsp3) is 0.571. The minimum Gasteiger partial charge on any atom is -0.346 e. The Morgan fingerprint density at radius 1 is 1.23 bits per heavy atom. The average molecular weight is 450 g/mol. The van der Waals surface area contributed by atoms with Crippen LogP contribution >= 0.6 is 23.9 Å². The first kappa shape index (κ1) is 21.3. The SMILES string of the molecule is CCCN1CCN(c2ccc3c(C(=O)N[C@@H]4CN5CCC4CC5)nsc3c2)C1=O.Cl. The Kier molecular flexibility index (Phi) is 6.18. The summed E-state index contributed by atoms with van der Waals surface area (Å²) in [7, 11) is 0. The summed E-state index contributed by atoms with van der Waals surface area (Å²) < 4.78 is 5.40. The van der Waals surface area contributed by atoms with E-state index in [4.69, 9.17) is 0 Å². The first-order valence-electron chi connectivity index (χ1n) is 10.6. The normalized spacial score (nSPS) is 25.6. The van der Waals surface area contributed by atoms with Crippen molar-refractivity contribution in [3.63, 3.8) is 0 Å². The standard InChI is InChI=1S/C21H27N5O2S.ClH/c1-2-7-25-10-11-26(21(25)28)15-3-4-16-18(12-15)29-23-19(16)20(27)22-17-13-24-8-5-14(17)6-9-24;/h3-4,12,14,17H,2,5-11,13H2,1H3,(H,22,27);1H/t17-;/m1./s1. The van der Waals surface area contributed by atoms with Crippen molar-refractivity contribution in [2.75, 3.05) is 44.2 Å². The summed E-state index contributed by atoms with van der Waals surface area (Å²) in [4.78, 5) is 31.7. The predicted octanol–water partition coefficient (Wildman–Crippen LogP) is 3.19. The number of benzene rings is 1. The molecule has 5 heterocycles. The number of anilines is 1. The van der Waals surface area contributed by atoms with E-state index in [2.05, 4.69) is 21.5 Å². The monoisotopic (exact) mass is 449 g/mol. The van der Waals surface area contributed by atoms with E-state index in [-0.39, 0.29) is 30.4 Å². The van der Waals surface area contributed by atoms with E-state index >= 15 is 0 Å². The van der Waals surface area contributed by atoms with Crippen molar-refractivity contribution >= 4 is 51.7 Å². The molecule has 0 unspecified atom stereocenters. The summed E-state index contributed by atoms with van der Waals surface area (Å²) in [6.45, 7) is 7.61. The van der Waals surface area contributed by atoms with E-state index in [1.165, 1.54) is 24.4 Å². The van der Waals surface area contributed by atoms with Crippen molar-refractivity contribution in [3.8, 4) is 0 Å². The lowest BCUT2D eigenvalue weighted by atomic mass is 9.84. The van der Waals surface area contributed by atoms with Gasteiger partial charge in [-0.3, -0.25) is 9.69 Å². The molecule has 2 bridgehead atoms. The molecule has 0 saturated carbocycles. The number of rotatable bonds is 5. The van der Waals surface area contributed by atoms with Crippen LogP contribution in [0.4, 0.5) is 10.5 Å². The van der Waals surface area contributed by atoms with Crippen LogP contribution in [0.15, 0.2) is 18.2 Å². The maximum Gasteiger partial charge on any atom is 0.324 e. The maximum absolute atomic E-state index is 12.9. The van der Waals surface area contributed by atoms with E-state index in [1.54, 1.807) is 0 Å². The van der Waals surface area contributed by atoms with Crippen LogP contribution in [0.2, 0.25) is 0 Å². The Hall–Kier alpha value is -1.90. The molecule has 1 N–H and O–H groups in total. The second-order valence-electron chi connectivity index (χ2n) is 8.35. The molecule has 9 heteroatoms. The molecular formula is C21H28ClN5O2S. The Morgan fingerprint density at radius 2 is 2.03 bits per heavy atom. The third-order valence-corrected chi connectivity index (χ3v) is 7.35. The lowest BCUT2D eigenvalue weighted by molar-refractivity contribution is 0.0619. The highest BCUT2D eigenvalue weighted by atomic mass is 35.5. The summed E-state index contributed by atoms with van der Waals surface area (Å²) >= 11 is 1.33. The highest BCUT2D eigenvalue weighted by Gasteiger charge is 2.35. The molecule has 4 aliphatic heterocycles.